The lowest BCUT2D eigenvalue weighted by atomic mass is 9.98. The van der Waals surface area contributed by atoms with Crippen LogP contribution in [0.5, 0.6) is 0 Å². The van der Waals surface area contributed by atoms with Gasteiger partial charge in [0, 0.05) is 5.56 Å². The number of carbonyl (C=O) groups excluding carboxylic acids is 1. The van der Waals surface area contributed by atoms with Crippen LogP contribution in [0.15, 0.2) is 6.07 Å². The van der Waals surface area contributed by atoms with Gasteiger partial charge in [-0.3, -0.25) is 0 Å². The Balaban J connectivity index is 3.39. The summed E-state index contributed by atoms with van der Waals surface area (Å²) in [5, 5.41) is 0. The molecule has 0 aliphatic rings. The van der Waals surface area contributed by atoms with Crippen molar-refractivity contribution in [2.45, 2.75) is 26.7 Å². The topological polar surface area (TPSA) is 26.3 Å². The Bertz CT molecular complexity index is 442. The van der Waals surface area contributed by atoms with Crippen molar-refractivity contribution in [1.82, 2.24) is 0 Å². The molecule has 0 saturated heterocycles. The van der Waals surface area contributed by atoms with E-state index in [-0.39, 0.29) is 6.61 Å². The van der Waals surface area contributed by atoms with Crippen molar-refractivity contribution >= 4 is 5.97 Å². The highest BCUT2D eigenvalue weighted by molar-refractivity contribution is 5.90. The first kappa shape index (κ1) is 13.5. The average molecular weight is 246 g/mol. The molecule has 1 aromatic rings. The first-order valence-electron chi connectivity index (χ1n) is 5.24. The molecule has 17 heavy (non-hydrogen) atoms. The highest BCUT2D eigenvalue weighted by atomic mass is 19.2. The van der Waals surface area contributed by atoms with Gasteiger partial charge in [-0.25, -0.2) is 18.0 Å². The number of hydrogen-bond donors (Lipinski definition) is 0. The summed E-state index contributed by atoms with van der Waals surface area (Å²) < 4.78 is 45.0. The zero-order valence-electron chi connectivity index (χ0n) is 9.81. The molecular weight excluding hydrogens is 233 g/mol. The minimum absolute atomic E-state index is 0.0360. The number of carbonyl (C=O) groups is 1. The van der Waals surface area contributed by atoms with Gasteiger partial charge >= 0.3 is 5.97 Å². The molecule has 0 N–H and O–H groups in total. The maximum absolute atomic E-state index is 13.8. The quantitative estimate of drug-likeness (QED) is 0.603. The lowest BCUT2D eigenvalue weighted by Gasteiger charge is -2.12. The van der Waals surface area contributed by atoms with Crippen molar-refractivity contribution in [3.8, 4) is 0 Å². The third-order valence-electron chi connectivity index (χ3n) is 2.26. The molecule has 0 saturated carbocycles. The molecule has 0 unspecified atom stereocenters. The number of hydrogen-bond acceptors (Lipinski definition) is 2. The van der Waals surface area contributed by atoms with Crippen LogP contribution in [0.1, 0.15) is 42.6 Å². The molecule has 0 aromatic heterocycles. The van der Waals surface area contributed by atoms with Crippen LogP contribution in [-0.2, 0) is 4.74 Å². The highest BCUT2D eigenvalue weighted by Gasteiger charge is 2.24. The monoisotopic (exact) mass is 246 g/mol. The standard InChI is InChI=1S/C12H13F3O2/c1-4-17-12(16)7-5-8(13)11(15)9(6(2)3)10(7)14/h5-6H,4H2,1-3H3. The van der Waals surface area contributed by atoms with Gasteiger partial charge in [0.15, 0.2) is 11.6 Å². The number of esters is 1. The van der Waals surface area contributed by atoms with Crippen LogP contribution in [0.2, 0.25) is 0 Å². The molecule has 0 heterocycles. The van der Waals surface area contributed by atoms with Crippen molar-refractivity contribution < 1.29 is 22.7 Å². The van der Waals surface area contributed by atoms with Crippen molar-refractivity contribution in [2.24, 2.45) is 0 Å². The fourth-order valence-electron chi connectivity index (χ4n) is 1.49. The fourth-order valence-corrected chi connectivity index (χ4v) is 1.49. The smallest absolute Gasteiger partial charge is 0.341 e. The third-order valence-corrected chi connectivity index (χ3v) is 2.26. The van der Waals surface area contributed by atoms with E-state index >= 15 is 0 Å². The van der Waals surface area contributed by atoms with Gasteiger partial charge in [-0.05, 0) is 18.9 Å². The van der Waals surface area contributed by atoms with E-state index in [4.69, 9.17) is 0 Å². The molecule has 0 atom stereocenters. The van der Waals surface area contributed by atoms with Gasteiger partial charge in [0.2, 0.25) is 0 Å². The lowest BCUT2D eigenvalue weighted by molar-refractivity contribution is 0.0520. The van der Waals surface area contributed by atoms with Gasteiger partial charge in [-0.1, -0.05) is 13.8 Å². The Morgan fingerprint density at radius 1 is 1.29 bits per heavy atom. The van der Waals surface area contributed by atoms with Crippen molar-refractivity contribution in [3.63, 3.8) is 0 Å². The summed E-state index contributed by atoms with van der Waals surface area (Å²) in [5.41, 5.74) is -1.01. The van der Waals surface area contributed by atoms with Crippen LogP contribution in [0.25, 0.3) is 0 Å². The second-order valence-electron chi connectivity index (χ2n) is 3.82. The summed E-state index contributed by atoms with van der Waals surface area (Å²) in [4.78, 5) is 11.4. The molecule has 1 rings (SSSR count). The van der Waals surface area contributed by atoms with E-state index in [2.05, 4.69) is 4.74 Å². The van der Waals surface area contributed by atoms with Crippen LogP contribution in [0, 0.1) is 17.5 Å². The average Bonchev–Trinajstić information content (AvgIpc) is 2.23. The largest absolute Gasteiger partial charge is 0.462 e. The van der Waals surface area contributed by atoms with E-state index in [9.17, 15) is 18.0 Å². The van der Waals surface area contributed by atoms with Crippen LogP contribution >= 0.6 is 0 Å². The Labute approximate surface area is 97.4 Å². The SMILES string of the molecule is CCOC(=O)c1cc(F)c(F)c(C(C)C)c1F. The zero-order chi connectivity index (χ0) is 13.2. The van der Waals surface area contributed by atoms with Crippen molar-refractivity contribution in [1.29, 1.82) is 0 Å². The maximum atomic E-state index is 13.8. The third kappa shape index (κ3) is 2.60. The van der Waals surface area contributed by atoms with E-state index in [0.717, 1.165) is 0 Å². The van der Waals surface area contributed by atoms with Gasteiger partial charge < -0.3 is 4.74 Å². The second-order valence-corrected chi connectivity index (χ2v) is 3.82. The van der Waals surface area contributed by atoms with Crippen molar-refractivity contribution in [2.75, 3.05) is 6.61 Å². The Morgan fingerprint density at radius 2 is 1.88 bits per heavy atom. The molecule has 0 fully saturated rings. The summed E-state index contributed by atoms with van der Waals surface area (Å²) in [6, 6.07) is 0.522. The van der Waals surface area contributed by atoms with Gasteiger partial charge in [0.1, 0.15) is 5.82 Å². The molecule has 0 amide bonds. The molecule has 2 nitrogen and oxygen atoms in total. The number of ether oxygens (including phenoxy) is 1. The summed E-state index contributed by atoms with van der Waals surface area (Å²) in [6.07, 6.45) is 0. The molecule has 0 aliphatic carbocycles. The second kappa shape index (κ2) is 5.21. The molecule has 0 bridgehead atoms. The molecule has 0 spiro atoms. The Morgan fingerprint density at radius 3 is 2.35 bits per heavy atom. The van der Waals surface area contributed by atoms with E-state index < -0.39 is 40.5 Å². The van der Waals surface area contributed by atoms with E-state index in [1.807, 2.05) is 0 Å². The van der Waals surface area contributed by atoms with Crippen LogP contribution < -0.4 is 0 Å². The summed E-state index contributed by atoms with van der Waals surface area (Å²) >= 11 is 0. The highest BCUT2D eigenvalue weighted by Crippen LogP contribution is 2.27. The number of benzene rings is 1. The van der Waals surface area contributed by atoms with E-state index in [1.54, 1.807) is 6.92 Å². The predicted octanol–water partition coefficient (Wildman–Crippen LogP) is 3.40. The predicted molar refractivity (Wildman–Crippen MR) is 56.4 cm³/mol. The first-order valence-corrected chi connectivity index (χ1v) is 5.24. The molecule has 1 aromatic carbocycles. The van der Waals surface area contributed by atoms with Gasteiger partial charge in [-0.2, -0.15) is 0 Å². The number of rotatable bonds is 3. The van der Waals surface area contributed by atoms with Gasteiger partial charge in [0.05, 0.1) is 12.2 Å². The van der Waals surface area contributed by atoms with E-state index in [1.165, 1.54) is 13.8 Å². The van der Waals surface area contributed by atoms with Gasteiger partial charge in [0.25, 0.3) is 0 Å². The number of halogens is 3. The summed E-state index contributed by atoms with van der Waals surface area (Å²) in [7, 11) is 0. The molecule has 0 aliphatic heterocycles. The normalized spacial score (nSPS) is 10.8. The molecular formula is C12H13F3O2. The Hall–Kier alpha value is -1.52. The van der Waals surface area contributed by atoms with Crippen LogP contribution in [-0.4, -0.2) is 12.6 Å². The maximum Gasteiger partial charge on any atom is 0.341 e. The minimum atomic E-state index is -1.26. The summed E-state index contributed by atoms with van der Waals surface area (Å²) in [6.45, 7) is 4.60. The fraction of sp³-hybridized carbons (Fsp3) is 0.417. The van der Waals surface area contributed by atoms with Gasteiger partial charge in [-0.15, -0.1) is 0 Å². The lowest BCUT2D eigenvalue weighted by Crippen LogP contribution is -2.12. The molecule has 0 radical (unpaired) electrons. The van der Waals surface area contributed by atoms with Crippen molar-refractivity contribution in [3.05, 3.63) is 34.6 Å². The van der Waals surface area contributed by atoms with Crippen LogP contribution in [0.4, 0.5) is 13.2 Å². The zero-order valence-corrected chi connectivity index (χ0v) is 9.81. The first-order chi connectivity index (χ1) is 7.90. The summed E-state index contributed by atoms with van der Waals surface area (Å²) in [5.74, 6) is -5.13. The van der Waals surface area contributed by atoms with E-state index in [0.29, 0.717) is 6.07 Å². The Kier molecular flexibility index (Phi) is 4.15. The molecule has 94 valence electrons. The van der Waals surface area contributed by atoms with Crippen LogP contribution in [0.3, 0.4) is 0 Å². The molecule has 5 heteroatoms. The minimum Gasteiger partial charge on any atom is -0.462 e.